The van der Waals surface area contributed by atoms with Crippen molar-refractivity contribution in [2.75, 3.05) is 0 Å². The van der Waals surface area contributed by atoms with Crippen LogP contribution in [0.1, 0.15) is 40.5 Å². The zero-order valence-electron chi connectivity index (χ0n) is 10.9. The SMILES string of the molecule is CC1=C[C@@H]2[C@@H](C(C)=CC[C@H]2C(C)C)[C@H](O)C1. The Kier molecular flexibility index (Phi) is 3.25. The van der Waals surface area contributed by atoms with Crippen molar-refractivity contribution in [3.8, 4) is 0 Å². The Morgan fingerprint density at radius 3 is 2.62 bits per heavy atom. The molecule has 0 amide bonds. The monoisotopic (exact) mass is 220 g/mol. The second-order valence-corrected chi connectivity index (χ2v) is 5.98. The number of rotatable bonds is 1. The number of aliphatic hydroxyl groups is 1. The van der Waals surface area contributed by atoms with Crippen LogP contribution in [-0.4, -0.2) is 11.2 Å². The summed E-state index contributed by atoms with van der Waals surface area (Å²) in [7, 11) is 0. The number of aliphatic hydroxyl groups excluding tert-OH is 1. The smallest absolute Gasteiger partial charge is 0.0648 e. The maximum atomic E-state index is 10.3. The van der Waals surface area contributed by atoms with Gasteiger partial charge in [-0.05, 0) is 44.4 Å². The van der Waals surface area contributed by atoms with E-state index in [-0.39, 0.29) is 6.10 Å². The van der Waals surface area contributed by atoms with Crippen molar-refractivity contribution in [1.29, 1.82) is 0 Å². The Balaban J connectivity index is 2.35. The highest BCUT2D eigenvalue weighted by Gasteiger charge is 2.39. The largest absolute Gasteiger partial charge is 0.392 e. The van der Waals surface area contributed by atoms with E-state index >= 15 is 0 Å². The quantitative estimate of drug-likeness (QED) is 0.670. The second-order valence-electron chi connectivity index (χ2n) is 5.98. The zero-order chi connectivity index (χ0) is 11.9. The van der Waals surface area contributed by atoms with Crippen molar-refractivity contribution in [3.05, 3.63) is 23.3 Å². The Morgan fingerprint density at radius 1 is 1.31 bits per heavy atom. The predicted molar refractivity (Wildman–Crippen MR) is 68.1 cm³/mol. The van der Waals surface area contributed by atoms with E-state index < -0.39 is 0 Å². The third-order valence-corrected chi connectivity index (χ3v) is 4.43. The topological polar surface area (TPSA) is 20.2 Å². The van der Waals surface area contributed by atoms with Gasteiger partial charge in [-0.25, -0.2) is 0 Å². The summed E-state index contributed by atoms with van der Waals surface area (Å²) in [4.78, 5) is 0. The molecule has 1 N–H and O–H groups in total. The van der Waals surface area contributed by atoms with Crippen molar-refractivity contribution in [3.63, 3.8) is 0 Å². The Bertz CT molecular complexity index is 324. The summed E-state index contributed by atoms with van der Waals surface area (Å²) >= 11 is 0. The van der Waals surface area contributed by atoms with Crippen molar-refractivity contribution in [1.82, 2.24) is 0 Å². The van der Waals surface area contributed by atoms with Gasteiger partial charge in [0.1, 0.15) is 0 Å². The minimum atomic E-state index is -0.159. The van der Waals surface area contributed by atoms with E-state index in [0.717, 1.165) is 6.42 Å². The highest BCUT2D eigenvalue weighted by Crippen LogP contribution is 2.45. The van der Waals surface area contributed by atoms with Crippen LogP contribution in [0, 0.1) is 23.7 Å². The molecule has 16 heavy (non-hydrogen) atoms. The van der Waals surface area contributed by atoms with Crippen LogP contribution >= 0.6 is 0 Å². The van der Waals surface area contributed by atoms with Gasteiger partial charge in [0.15, 0.2) is 0 Å². The summed E-state index contributed by atoms with van der Waals surface area (Å²) in [5.74, 6) is 2.35. The first-order valence-electron chi connectivity index (χ1n) is 6.52. The van der Waals surface area contributed by atoms with Gasteiger partial charge < -0.3 is 5.11 Å². The summed E-state index contributed by atoms with van der Waals surface area (Å²) in [5.41, 5.74) is 2.77. The molecule has 1 heteroatoms. The minimum Gasteiger partial charge on any atom is -0.392 e. The molecule has 0 fully saturated rings. The molecule has 0 aliphatic heterocycles. The zero-order valence-corrected chi connectivity index (χ0v) is 10.9. The molecule has 0 saturated heterocycles. The molecule has 0 saturated carbocycles. The Morgan fingerprint density at radius 2 is 2.00 bits per heavy atom. The number of allylic oxidation sites excluding steroid dienone is 2. The van der Waals surface area contributed by atoms with Crippen LogP contribution in [0.4, 0.5) is 0 Å². The van der Waals surface area contributed by atoms with Gasteiger partial charge in [0.2, 0.25) is 0 Å². The molecule has 0 heterocycles. The van der Waals surface area contributed by atoms with Gasteiger partial charge in [-0.3, -0.25) is 0 Å². The van der Waals surface area contributed by atoms with Crippen LogP contribution in [0.5, 0.6) is 0 Å². The van der Waals surface area contributed by atoms with Crippen LogP contribution in [0.3, 0.4) is 0 Å². The fraction of sp³-hybridized carbons (Fsp3) is 0.733. The molecular formula is C15H24O. The summed E-state index contributed by atoms with van der Waals surface area (Å²) in [6, 6.07) is 0. The third-order valence-electron chi connectivity index (χ3n) is 4.43. The van der Waals surface area contributed by atoms with Gasteiger partial charge in [0, 0.05) is 5.92 Å². The van der Waals surface area contributed by atoms with E-state index in [0.29, 0.717) is 23.7 Å². The van der Waals surface area contributed by atoms with Gasteiger partial charge in [0.05, 0.1) is 6.10 Å². The fourth-order valence-electron chi connectivity index (χ4n) is 3.54. The van der Waals surface area contributed by atoms with Gasteiger partial charge in [-0.2, -0.15) is 0 Å². The molecule has 0 aromatic heterocycles. The molecule has 0 aromatic rings. The highest BCUT2D eigenvalue weighted by molar-refractivity contribution is 5.23. The van der Waals surface area contributed by atoms with Crippen LogP contribution < -0.4 is 0 Å². The first-order chi connectivity index (χ1) is 7.50. The molecule has 4 atom stereocenters. The van der Waals surface area contributed by atoms with Gasteiger partial charge in [-0.15, -0.1) is 0 Å². The summed E-state index contributed by atoms with van der Waals surface area (Å²) in [5, 5.41) is 10.3. The summed E-state index contributed by atoms with van der Waals surface area (Å²) in [6.45, 7) is 8.96. The lowest BCUT2D eigenvalue weighted by atomic mass is 9.63. The first-order valence-corrected chi connectivity index (χ1v) is 6.52. The van der Waals surface area contributed by atoms with Gasteiger partial charge >= 0.3 is 0 Å². The molecule has 2 rings (SSSR count). The standard InChI is InChI=1S/C15H24O/c1-9(2)12-6-5-11(4)15-13(12)7-10(3)8-14(15)16/h5,7,9,12-16H,6,8H2,1-4H3/t12-,13-,14+,15+/m0/s1. The molecule has 0 unspecified atom stereocenters. The van der Waals surface area contributed by atoms with E-state index in [9.17, 15) is 5.11 Å². The third kappa shape index (κ3) is 1.98. The molecule has 0 aromatic carbocycles. The van der Waals surface area contributed by atoms with E-state index in [1.165, 1.54) is 17.6 Å². The first kappa shape index (κ1) is 11.9. The van der Waals surface area contributed by atoms with Crippen molar-refractivity contribution >= 4 is 0 Å². The summed E-state index contributed by atoms with van der Waals surface area (Å²) in [6.07, 6.45) is 6.66. The number of hydrogen-bond donors (Lipinski definition) is 1. The van der Waals surface area contributed by atoms with Crippen molar-refractivity contribution < 1.29 is 5.11 Å². The minimum absolute atomic E-state index is 0.159. The second kappa shape index (κ2) is 4.37. The molecule has 1 nitrogen and oxygen atoms in total. The Labute approximate surface area is 99.3 Å². The molecule has 0 spiro atoms. The van der Waals surface area contributed by atoms with Gasteiger partial charge in [0.25, 0.3) is 0 Å². The molecule has 90 valence electrons. The lowest BCUT2D eigenvalue weighted by Gasteiger charge is -2.43. The molecular weight excluding hydrogens is 196 g/mol. The van der Waals surface area contributed by atoms with Crippen molar-refractivity contribution in [2.24, 2.45) is 23.7 Å². The van der Waals surface area contributed by atoms with E-state index in [1.54, 1.807) is 0 Å². The van der Waals surface area contributed by atoms with Crippen LogP contribution in [0.15, 0.2) is 23.3 Å². The van der Waals surface area contributed by atoms with Crippen LogP contribution in [-0.2, 0) is 0 Å². The molecule has 0 bridgehead atoms. The molecule has 2 aliphatic carbocycles. The molecule has 0 radical (unpaired) electrons. The lowest BCUT2D eigenvalue weighted by Crippen LogP contribution is -2.39. The fourth-order valence-corrected chi connectivity index (χ4v) is 3.54. The van der Waals surface area contributed by atoms with Crippen LogP contribution in [0.2, 0.25) is 0 Å². The van der Waals surface area contributed by atoms with E-state index in [4.69, 9.17) is 0 Å². The predicted octanol–water partition coefficient (Wildman–Crippen LogP) is 3.55. The maximum absolute atomic E-state index is 10.3. The lowest BCUT2D eigenvalue weighted by molar-refractivity contribution is 0.0620. The number of hydrogen-bond acceptors (Lipinski definition) is 1. The highest BCUT2D eigenvalue weighted by atomic mass is 16.3. The van der Waals surface area contributed by atoms with E-state index in [2.05, 4.69) is 39.8 Å². The average molecular weight is 220 g/mol. The maximum Gasteiger partial charge on any atom is 0.0648 e. The van der Waals surface area contributed by atoms with Crippen molar-refractivity contribution in [2.45, 2.75) is 46.6 Å². The van der Waals surface area contributed by atoms with Gasteiger partial charge in [-0.1, -0.05) is 37.1 Å². The number of fused-ring (bicyclic) bond motifs is 1. The van der Waals surface area contributed by atoms with Crippen LogP contribution in [0.25, 0.3) is 0 Å². The van der Waals surface area contributed by atoms with E-state index in [1.807, 2.05) is 0 Å². The average Bonchev–Trinajstić information content (AvgIpc) is 2.15. The normalized spacial score (nSPS) is 39.1. The summed E-state index contributed by atoms with van der Waals surface area (Å²) < 4.78 is 0. The molecule has 2 aliphatic rings. The Hall–Kier alpha value is -0.560.